The van der Waals surface area contributed by atoms with Crippen LogP contribution in [0, 0.1) is 0 Å². The summed E-state index contributed by atoms with van der Waals surface area (Å²) in [6, 6.07) is 16.3. The first-order valence-electron chi connectivity index (χ1n) is 7.95. The van der Waals surface area contributed by atoms with Crippen molar-refractivity contribution < 1.29 is 5.11 Å². The van der Waals surface area contributed by atoms with Crippen molar-refractivity contribution >= 4 is 5.82 Å². The Morgan fingerprint density at radius 2 is 1.82 bits per heavy atom. The highest BCUT2D eigenvalue weighted by atomic mass is 16.3. The lowest BCUT2D eigenvalue weighted by Crippen LogP contribution is -2.43. The van der Waals surface area contributed by atoms with Gasteiger partial charge in [0.1, 0.15) is 5.82 Å². The zero-order valence-electron chi connectivity index (χ0n) is 12.7. The molecule has 1 atom stereocenters. The van der Waals surface area contributed by atoms with Crippen molar-refractivity contribution in [1.29, 1.82) is 0 Å². The Bertz CT molecular complexity index is 553. The first kappa shape index (κ1) is 15.0. The van der Waals surface area contributed by atoms with Crippen LogP contribution >= 0.6 is 0 Å². The third-order valence-corrected chi connectivity index (χ3v) is 4.25. The molecule has 0 saturated carbocycles. The lowest BCUT2D eigenvalue weighted by molar-refractivity contribution is 0.167. The zero-order chi connectivity index (χ0) is 15.2. The van der Waals surface area contributed by atoms with Gasteiger partial charge in [0.05, 0.1) is 6.10 Å². The number of hydrogen-bond donors (Lipinski definition) is 2. The quantitative estimate of drug-likeness (QED) is 0.889. The van der Waals surface area contributed by atoms with E-state index in [9.17, 15) is 5.11 Å². The van der Waals surface area contributed by atoms with Crippen LogP contribution < -0.4 is 10.2 Å². The highest BCUT2D eigenvalue weighted by Gasteiger charge is 2.20. The predicted octanol–water partition coefficient (Wildman–Crippen LogP) is 2.37. The second kappa shape index (κ2) is 7.38. The van der Waals surface area contributed by atoms with Crippen molar-refractivity contribution in [3.05, 3.63) is 60.3 Å². The van der Waals surface area contributed by atoms with E-state index in [0.717, 1.165) is 37.3 Å². The summed E-state index contributed by atoms with van der Waals surface area (Å²) < 4.78 is 0. The first-order valence-corrected chi connectivity index (χ1v) is 7.95. The molecule has 0 bridgehead atoms. The van der Waals surface area contributed by atoms with Crippen molar-refractivity contribution in [3.63, 3.8) is 0 Å². The number of benzene rings is 1. The average molecular weight is 297 g/mol. The van der Waals surface area contributed by atoms with E-state index in [1.54, 1.807) is 0 Å². The van der Waals surface area contributed by atoms with Gasteiger partial charge in [-0.15, -0.1) is 0 Å². The number of aliphatic hydroxyl groups is 1. The smallest absolute Gasteiger partial charge is 0.128 e. The summed E-state index contributed by atoms with van der Waals surface area (Å²) >= 11 is 0. The summed E-state index contributed by atoms with van der Waals surface area (Å²) in [6.07, 6.45) is 3.57. The van der Waals surface area contributed by atoms with Gasteiger partial charge in [-0.1, -0.05) is 36.4 Å². The topological polar surface area (TPSA) is 48.4 Å². The van der Waals surface area contributed by atoms with E-state index in [1.807, 2.05) is 48.7 Å². The van der Waals surface area contributed by atoms with Crippen LogP contribution in [0.15, 0.2) is 54.7 Å². The maximum atomic E-state index is 10.2. The number of pyridine rings is 1. The molecule has 0 radical (unpaired) electrons. The van der Waals surface area contributed by atoms with E-state index in [1.165, 1.54) is 0 Å². The molecule has 116 valence electrons. The molecule has 1 aromatic carbocycles. The van der Waals surface area contributed by atoms with E-state index >= 15 is 0 Å². The monoisotopic (exact) mass is 297 g/mol. The molecule has 4 nitrogen and oxygen atoms in total. The van der Waals surface area contributed by atoms with Crippen molar-refractivity contribution in [2.24, 2.45) is 0 Å². The summed E-state index contributed by atoms with van der Waals surface area (Å²) in [5, 5.41) is 13.7. The molecule has 3 rings (SSSR count). The minimum atomic E-state index is -0.435. The fourth-order valence-corrected chi connectivity index (χ4v) is 2.92. The van der Waals surface area contributed by atoms with Gasteiger partial charge in [-0.25, -0.2) is 4.98 Å². The molecule has 1 aliphatic heterocycles. The van der Waals surface area contributed by atoms with Crippen LogP contribution in [0.4, 0.5) is 5.82 Å². The summed E-state index contributed by atoms with van der Waals surface area (Å²) in [6.45, 7) is 2.63. The summed E-state index contributed by atoms with van der Waals surface area (Å²) in [5.41, 5.74) is 0.973. The van der Waals surface area contributed by atoms with E-state index < -0.39 is 6.10 Å². The third kappa shape index (κ3) is 3.84. The van der Waals surface area contributed by atoms with Crippen LogP contribution in [0.5, 0.6) is 0 Å². The molecule has 1 unspecified atom stereocenters. The molecule has 2 aromatic rings. The standard InChI is InChI=1S/C18H23N3O/c22-17(15-6-2-1-3-7-15)14-20-16-9-12-21(13-10-16)18-8-4-5-11-19-18/h1-8,11,16-17,20,22H,9-10,12-14H2. The van der Waals surface area contributed by atoms with Gasteiger partial charge in [0.2, 0.25) is 0 Å². The SMILES string of the molecule is OC(CNC1CCN(c2ccccn2)CC1)c1ccccc1. The Morgan fingerprint density at radius 1 is 1.09 bits per heavy atom. The zero-order valence-corrected chi connectivity index (χ0v) is 12.7. The van der Waals surface area contributed by atoms with Crippen molar-refractivity contribution in [2.45, 2.75) is 25.0 Å². The molecule has 1 fully saturated rings. The number of hydrogen-bond acceptors (Lipinski definition) is 4. The molecule has 1 aliphatic rings. The molecule has 4 heteroatoms. The molecular weight excluding hydrogens is 274 g/mol. The summed E-state index contributed by atoms with van der Waals surface area (Å²) in [5.74, 6) is 1.06. The van der Waals surface area contributed by atoms with Gasteiger partial charge < -0.3 is 15.3 Å². The molecule has 1 saturated heterocycles. The normalized spacial score (nSPS) is 17.4. The molecule has 0 aliphatic carbocycles. The largest absolute Gasteiger partial charge is 0.387 e. The number of rotatable bonds is 5. The Hall–Kier alpha value is -1.91. The Kier molecular flexibility index (Phi) is 5.03. The molecule has 0 spiro atoms. The van der Waals surface area contributed by atoms with Crippen LogP contribution in [-0.4, -0.2) is 35.8 Å². The van der Waals surface area contributed by atoms with E-state index in [4.69, 9.17) is 0 Å². The van der Waals surface area contributed by atoms with Gasteiger partial charge in [-0.05, 0) is 30.5 Å². The minimum absolute atomic E-state index is 0.435. The van der Waals surface area contributed by atoms with E-state index in [-0.39, 0.29) is 0 Å². The lowest BCUT2D eigenvalue weighted by atomic mass is 10.0. The van der Waals surface area contributed by atoms with Crippen LogP contribution in [-0.2, 0) is 0 Å². The second-order valence-corrected chi connectivity index (χ2v) is 5.78. The Morgan fingerprint density at radius 3 is 2.50 bits per heavy atom. The maximum absolute atomic E-state index is 10.2. The highest BCUT2D eigenvalue weighted by Crippen LogP contribution is 2.18. The maximum Gasteiger partial charge on any atom is 0.128 e. The molecule has 2 heterocycles. The van der Waals surface area contributed by atoms with Crippen LogP contribution in [0.2, 0.25) is 0 Å². The van der Waals surface area contributed by atoms with Crippen molar-refractivity contribution in [3.8, 4) is 0 Å². The van der Waals surface area contributed by atoms with Crippen LogP contribution in [0.1, 0.15) is 24.5 Å². The summed E-state index contributed by atoms with van der Waals surface area (Å²) in [7, 11) is 0. The molecule has 2 N–H and O–H groups in total. The summed E-state index contributed by atoms with van der Waals surface area (Å²) in [4.78, 5) is 6.73. The van der Waals surface area contributed by atoms with Crippen molar-refractivity contribution in [2.75, 3.05) is 24.5 Å². The lowest BCUT2D eigenvalue weighted by Gasteiger charge is -2.33. The van der Waals surface area contributed by atoms with Crippen LogP contribution in [0.3, 0.4) is 0 Å². The number of nitrogens with one attached hydrogen (secondary N) is 1. The van der Waals surface area contributed by atoms with Crippen molar-refractivity contribution in [1.82, 2.24) is 10.3 Å². The average Bonchev–Trinajstić information content (AvgIpc) is 2.61. The van der Waals surface area contributed by atoms with Gasteiger partial charge in [0.15, 0.2) is 0 Å². The third-order valence-electron chi connectivity index (χ3n) is 4.25. The Labute approximate surface area is 131 Å². The Balaban J connectivity index is 1.44. The number of aromatic nitrogens is 1. The van der Waals surface area contributed by atoms with E-state index in [0.29, 0.717) is 12.6 Å². The van der Waals surface area contributed by atoms with Gasteiger partial charge in [-0.3, -0.25) is 0 Å². The first-order chi connectivity index (χ1) is 10.8. The molecular formula is C18H23N3O. The second-order valence-electron chi connectivity index (χ2n) is 5.78. The minimum Gasteiger partial charge on any atom is -0.387 e. The number of aliphatic hydroxyl groups excluding tert-OH is 1. The van der Waals surface area contributed by atoms with Gasteiger partial charge >= 0.3 is 0 Å². The molecule has 22 heavy (non-hydrogen) atoms. The fraction of sp³-hybridized carbons (Fsp3) is 0.389. The number of anilines is 1. The number of piperidine rings is 1. The number of nitrogens with zero attached hydrogens (tertiary/aromatic N) is 2. The van der Waals surface area contributed by atoms with Gasteiger partial charge in [0, 0.05) is 31.9 Å². The molecule has 0 amide bonds. The van der Waals surface area contributed by atoms with Gasteiger partial charge in [0.25, 0.3) is 0 Å². The van der Waals surface area contributed by atoms with Crippen LogP contribution in [0.25, 0.3) is 0 Å². The fourth-order valence-electron chi connectivity index (χ4n) is 2.92. The predicted molar refractivity (Wildman–Crippen MR) is 88.9 cm³/mol. The molecule has 1 aromatic heterocycles. The van der Waals surface area contributed by atoms with E-state index in [2.05, 4.69) is 21.3 Å². The highest BCUT2D eigenvalue weighted by molar-refractivity contribution is 5.38. The van der Waals surface area contributed by atoms with Gasteiger partial charge in [-0.2, -0.15) is 0 Å².